The number of hydrogen-bond donors (Lipinski definition) is 1. The molecule has 1 N–H and O–H groups in total. The van der Waals surface area contributed by atoms with Crippen LogP contribution in [0.5, 0.6) is 0 Å². The first-order valence-electron chi connectivity index (χ1n) is 5.78. The van der Waals surface area contributed by atoms with E-state index in [0.29, 0.717) is 12.5 Å². The highest BCUT2D eigenvalue weighted by molar-refractivity contribution is 5.30. The minimum absolute atomic E-state index is 0.372. The molecule has 0 aromatic heterocycles. The third-order valence-electron chi connectivity index (χ3n) is 3.85. The van der Waals surface area contributed by atoms with Gasteiger partial charge in [-0.15, -0.1) is 0 Å². The van der Waals surface area contributed by atoms with Gasteiger partial charge in [-0.05, 0) is 29.9 Å². The number of nitrogens with zero attached hydrogens (tertiary/aromatic N) is 1. The van der Waals surface area contributed by atoms with E-state index < -0.39 is 0 Å². The van der Waals surface area contributed by atoms with Crippen molar-refractivity contribution in [1.29, 1.82) is 0 Å². The van der Waals surface area contributed by atoms with E-state index in [2.05, 4.69) is 29.2 Å². The molecule has 0 spiro atoms. The van der Waals surface area contributed by atoms with E-state index in [1.807, 2.05) is 0 Å². The molecule has 1 heterocycles. The molecule has 0 unspecified atom stereocenters. The summed E-state index contributed by atoms with van der Waals surface area (Å²) in [5.41, 5.74) is 2.98. The number of hydrogen-bond acceptors (Lipinski definition) is 2. The van der Waals surface area contributed by atoms with Crippen molar-refractivity contribution in [2.24, 2.45) is 5.92 Å². The van der Waals surface area contributed by atoms with Crippen LogP contribution < -0.4 is 0 Å². The Hall–Kier alpha value is -0.860. The average molecular weight is 203 g/mol. The van der Waals surface area contributed by atoms with E-state index in [1.54, 1.807) is 0 Å². The van der Waals surface area contributed by atoms with Crippen LogP contribution in [0.3, 0.4) is 0 Å². The molecule has 1 saturated carbocycles. The molecule has 1 fully saturated rings. The second kappa shape index (κ2) is 3.62. The standard InChI is InChI=1S/C13H17NO/c15-9-10-5-13(6-10)14-7-11-3-1-2-4-12(11)8-14/h1-4,10,13,15H,5-9H2. The molecule has 1 aliphatic heterocycles. The summed E-state index contributed by atoms with van der Waals surface area (Å²) < 4.78 is 0. The van der Waals surface area contributed by atoms with Gasteiger partial charge in [0.1, 0.15) is 0 Å². The third kappa shape index (κ3) is 1.58. The molecule has 1 aliphatic carbocycles. The molecule has 0 radical (unpaired) electrons. The monoisotopic (exact) mass is 203 g/mol. The van der Waals surface area contributed by atoms with Gasteiger partial charge in [-0.1, -0.05) is 24.3 Å². The summed E-state index contributed by atoms with van der Waals surface area (Å²) in [7, 11) is 0. The van der Waals surface area contributed by atoms with Crippen molar-refractivity contribution in [1.82, 2.24) is 4.90 Å². The van der Waals surface area contributed by atoms with E-state index in [0.717, 1.165) is 19.1 Å². The zero-order valence-corrected chi connectivity index (χ0v) is 8.89. The predicted octanol–water partition coefficient (Wildman–Crippen LogP) is 1.77. The van der Waals surface area contributed by atoms with Gasteiger partial charge in [0.25, 0.3) is 0 Å². The first kappa shape index (κ1) is 9.37. The van der Waals surface area contributed by atoms with Crippen molar-refractivity contribution < 1.29 is 5.11 Å². The Bertz CT molecular complexity index is 332. The fraction of sp³-hybridized carbons (Fsp3) is 0.538. The summed E-state index contributed by atoms with van der Waals surface area (Å²) in [6, 6.07) is 9.43. The smallest absolute Gasteiger partial charge is 0.0460 e. The van der Waals surface area contributed by atoms with E-state index in [1.165, 1.54) is 24.0 Å². The number of fused-ring (bicyclic) bond motifs is 1. The molecule has 1 aromatic carbocycles. The highest BCUT2D eigenvalue weighted by Crippen LogP contribution is 2.36. The molecule has 0 amide bonds. The Balaban J connectivity index is 1.65. The Morgan fingerprint density at radius 2 is 1.73 bits per heavy atom. The predicted molar refractivity (Wildman–Crippen MR) is 59.3 cm³/mol. The summed E-state index contributed by atoms with van der Waals surface area (Å²) >= 11 is 0. The highest BCUT2D eigenvalue weighted by atomic mass is 16.3. The molecule has 2 aliphatic rings. The highest BCUT2D eigenvalue weighted by Gasteiger charge is 2.35. The van der Waals surface area contributed by atoms with Crippen LogP contribution in [-0.2, 0) is 13.1 Å². The Kier molecular flexibility index (Phi) is 2.26. The van der Waals surface area contributed by atoms with Crippen LogP contribution in [0.1, 0.15) is 24.0 Å². The third-order valence-corrected chi connectivity index (χ3v) is 3.85. The van der Waals surface area contributed by atoms with Crippen molar-refractivity contribution in [3.63, 3.8) is 0 Å². The lowest BCUT2D eigenvalue weighted by molar-refractivity contribution is 0.0431. The van der Waals surface area contributed by atoms with Gasteiger partial charge in [-0.25, -0.2) is 0 Å². The van der Waals surface area contributed by atoms with Gasteiger partial charge in [0.15, 0.2) is 0 Å². The molecule has 0 saturated heterocycles. The molecule has 3 rings (SSSR count). The maximum atomic E-state index is 9.00. The minimum atomic E-state index is 0.372. The average Bonchev–Trinajstić information content (AvgIpc) is 2.59. The van der Waals surface area contributed by atoms with E-state index in [-0.39, 0.29) is 0 Å². The topological polar surface area (TPSA) is 23.5 Å². The van der Waals surface area contributed by atoms with Crippen LogP contribution in [0, 0.1) is 5.92 Å². The fourth-order valence-electron chi connectivity index (χ4n) is 2.77. The lowest BCUT2D eigenvalue weighted by Crippen LogP contribution is -2.43. The van der Waals surface area contributed by atoms with Gasteiger partial charge < -0.3 is 5.11 Å². The minimum Gasteiger partial charge on any atom is -0.396 e. The summed E-state index contributed by atoms with van der Waals surface area (Å²) in [4.78, 5) is 2.55. The molecule has 0 bridgehead atoms. The van der Waals surface area contributed by atoms with E-state index >= 15 is 0 Å². The van der Waals surface area contributed by atoms with Crippen LogP contribution in [0.15, 0.2) is 24.3 Å². The maximum absolute atomic E-state index is 9.00. The van der Waals surface area contributed by atoms with Gasteiger partial charge >= 0.3 is 0 Å². The van der Waals surface area contributed by atoms with Crippen molar-refractivity contribution in [3.05, 3.63) is 35.4 Å². The number of aliphatic hydroxyl groups excluding tert-OH is 1. The Morgan fingerprint density at radius 1 is 1.13 bits per heavy atom. The van der Waals surface area contributed by atoms with Crippen molar-refractivity contribution >= 4 is 0 Å². The van der Waals surface area contributed by atoms with Crippen molar-refractivity contribution in [3.8, 4) is 0 Å². The lowest BCUT2D eigenvalue weighted by atomic mass is 9.80. The van der Waals surface area contributed by atoms with E-state index in [4.69, 9.17) is 5.11 Å². The maximum Gasteiger partial charge on any atom is 0.0460 e. The molecule has 80 valence electrons. The number of rotatable bonds is 2. The summed E-state index contributed by atoms with van der Waals surface area (Å²) in [6.07, 6.45) is 2.37. The van der Waals surface area contributed by atoms with Gasteiger partial charge in [-0.3, -0.25) is 4.90 Å². The molecule has 15 heavy (non-hydrogen) atoms. The lowest BCUT2D eigenvalue weighted by Gasteiger charge is -2.40. The van der Waals surface area contributed by atoms with Crippen LogP contribution in [0.25, 0.3) is 0 Å². The van der Waals surface area contributed by atoms with Crippen LogP contribution in [0.4, 0.5) is 0 Å². The van der Waals surface area contributed by atoms with Crippen molar-refractivity contribution in [2.45, 2.75) is 32.0 Å². The van der Waals surface area contributed by atoms with Gasteiger partial charge in [0, 0.05) is 25.7 Å². The second-order valence-electron chi connectivity index (χ2n) is 4.85. The molecule has 1 aromatic rings. The quantitative estimate of drug-likeness (QED) is 0.792. The summed E-state index contributed by atoms with van der Waals surface area (Å²) in [5, 5.41) is 9.00. The molecule has 2 heteroatoms. The Labute approximate surface area is 90.5 Å². The van der Waals surface area contributed by atoms with Gasteiger partial charge in [-0.2, -0.15) is 0 Å². The molecular weight excluding hydrogens is 186 g/mol. The first-order valence-corrected chi connectivity index (χ1v) is 5.78. The Morgan fingerprint density at radius 3 is 2.27 bits per heavy atom. The molecular formula is C13H17NO. The van der Waals surface area contributed by atoms with Gasteiger partial charge in [0.2, 0.25) is 0 Å². The molecule has 2 nitrogen and oxygen atoms in total. The van der Waals surface area contributed by atoms with E-state index in [9.17, 15) is 0 Å². The number of benzene rings is 1. The van der Waals surface area contributed by atoms with Crippen LogP contribution in [0.2, 0.25) is 0 Å². The van der Waals surface area contributed by atoms with Crippen LogP contribution >= 0.6 is 0 Å². The SMILES string of the molecule is OCC1CC(N2Cc3ccccc3C2)C1. The van der Waals surface area contributed by atoms with Crippen molar-refractivity contribution in [2.75, 3.05) is 6.61 Å². The second-order valence-corrected chi connectivity index (χ2v) is 4.85. The largest absolute Gasteiger partial charge is 0.396 e. The normalized spacial score (nSPS) is 29.9. The summed E-state index contributed by atoms with van der Waals surface area (Å²) in [5.74, 6) is 0.568. The molecule has 0 atom stereocenters. The fourth-order valence-corrected chi connectivity index (χ4v) is 2.77. The summed E-state index contributed by atoms with van der Waals surface area (Å²) in [6.45, 7) is 2.59. The van der Waals surface area contributed by atoms with Gasteiger partial charge in [0.05, 0.1) is 0 Å². The number of aliphatic hydroxyl groups is 1. The zero-order valence-electron chi connectivity index (χ0n) is 8.89. The first-order chi connectivity index (χ1) is 7.36. The zero-order chi connectivity index (χ0) is 10.3. The van der Waals surface area contributed by atoms with Crippen LogP contribution in [-0.4, -0.2) is 22.7 Å².